The number of rotatable bonds is 7. The average molecular weight is 474 g/mol. The minimum Gasteiger partial charge on any atom is -0.493 e. The van der Waals surface area contributed by atoms with E-state index in [-0.39, 0.29) is 24.0 Å². The number of nitrogens with zero attached hydrogens (tertiary/aromatic N) is 4. The summed E-state index contributed by atoms with van der Waals surface area (Å²) in [5, 5.41) is 14.7. The van der Waals surface area contributed by atoms with Crippen molar-refractivity contribution >= 4 is 29.9 Å². The summed E-state index contributed by atoms with van der Waals surface area (Å²) in [5.74, 6) is 3.94. The summed E-state index contributed by atoms with van der Waals surface area (Å²) in [5.41, 5.74) is 1.16. The van der Waals surface area contributed by atoms with Crippen molar-refractivity contribution in [2.75, 3.05) is 27.8 Å². The highest BCUT2D eigenvalue weighted by molar-refractivity contribution is 14.0. The van der Waals surface area contributed by atoms with Gasteiger partial charge in [0, 0.05) is 20.6 Å². The van der Waals surface area contributed by atoms with Gasteiger partial charge >= 0.3 is 0 Å². The van der Waals surface area contributed by atoms with Crippen molar-refractivity contribution in [2.45, 2.75) is 19.9 Å². The Labute approximate surface area is 171 Å². The quantitative estimate of drug-likeness (QED) is 0.361. The maximum Gasteiger partial charge on any atom is 0.191 e. The van der Waals surface area contributed by atoms with Crippen LogP contribution in [0.25, 0.3) is 0 Å². The summed E-state index contributed by atoms with van der Waals surface area (Å²) >= 11 is 0. The van der Waals surface area contributed by atoms with Gasteiger partial charge in [0.2, 0.25) is 0 Å². The van der Waals surface area contributed by atoms with Crippen LogP contribution in [0.1, 0.15) is 17.2 Å². The van der Waals surface area contributed by atoms with Crippen LogP contribution >= 0.6 is 24.0 Å². The lowest BCUT2D eigenvalue weighted by Crippen LogP contribution is -2.38. The molecule has 8 nitrogen and oxygen atoms in total. The first-order valence-electron chi connectivity index (χ1n) is 8.09. The Balaban J connectivity index is 0.00000338. The lowest BCUT2D eigenvalue weighted by atomic mass is 10.1. The normalized spacial score (nSPS) is 10.9. The van der Waals surface area contributed by atoms with E-state index in [1.807, 2.05) is 36.7 Å². The molecule has 0 unspecified atom stereocenters. The highest BCUT2D eigenvalue weighted by atomic mass is 127. The van der Waals surface area contributed by atoms with Gasteiger partial charge in [0.05, 0.1) is 20.8 Å². The highest BCUT2D eigenvalue weighted by Gasteiger charge is 2.07. The summed E-state index contributed by atoms with van der Waals surface area (Å²) in [7, 11) is 6.96. The second-order valence-electron chi connectivity index (χ2n) is 5.51. The number of aryl methyl sites for hydroxylation is 1. The third-order valence-corrected chi connectivity index (χ3v) is 3.97. The zero-order valence-electron chi connectivity index (χ0n) is 15.9. The van der Waals surface area contributed by atoms with Crippen molar-refractivity contribution in [3.8, 4) is 11.5 Å². The summed E-state index contributed by atoms with van der Waals surface area (Å²) in [6, 6.07) is 5.93. The number of benzene rings is 1. The SMILES string of the molecule is CN=C(NCCc1ccc(OC)c(OC)c1)NCc1nnc(C)n1C.I. The van der Waals surface area contributed by atoms with Gasteiger partial charge in [-0.3, -0.25) is 4.99 Å². The average Bonchev–Trinajstić information content (AvgIpc) is 2.96. The molecular formula is C17H27IN6O2. The maximum absolute atomic E-state index is 5.33. The predicted octanol–water partition coefficient (Wildman–Crippen LogP) is 1.67. The van der Waals surface area contributed by atoms with Gasteiger partial charge in [-0.15, -0.1) is 34.2 Å². The molecule has 1 aromatic heterocycles. The van der Waals surface area contributed by atoms with Crippen LogP contribution in [0.3, 0.4) is 0 Å². The molecule has 0 atom stereocenters. The molecule has 1 heterocycles. The molecule has 0 aliphatic heterocycles. The summed E-state index contributed by atoms with van der Waals surface area (Å²) in [6.07, 6.45) is 0.837. The smallest absolute Gasteiger partial charge is 0.191 e. The van der Waals surface area contributed by atoms with E-state index >= 15 is 0 Å². The third kappa shape index (κ3) is 5.75. The van der Waals surface area contributed by atoms with Crippen LogP contribution in [0.4, 0.5) is 0 Å². The number of halogens is 1. The number of aromatic nitrogens is 3. The monoisotopic (exact) mass is 474 g/mol. The first kappa shape index (κ1) is 22.0. The zero-order valence-corrected chi connectivity index (χ0v) is 18.2. The molecule has 0 bridgehead atoms. The van der Waals surface area contributed by atoms with Crippen LogP contribution in [-0.2, 0) is 20.0 Å². The second-order valence-corrected chi connectivity index (χ2v) is 5.51. The minimum absolute atomic E-state index is 0. The van der Waals surface area contributed by atoms with E-state index in [1.54, 1.807) is 21.3 Å². The number of hydrogen-bond donors (Lipinski definition) is 2. The zero-order chi connectivity index (χ0) is 18.2. The lowest BCUT2D eigenvalue weighted by Gasteiger charge is -2.13. The number of methoxy groups -OCH3 is 2. The molecule has 0 spiro atoms. The lowest BCUT2D eigenvalue weighted by molar-refractivity contribution is 0.354. The Morgan fingerprint density at radius 2 is 1.88 bits per heavy atom. The molecule has 0 aliphatic carbocycles. The first-order valence-corrected chi connectivity index (χ1v) is 8.09. The van der Waals surface area contributed by atoms with E-state index in [2.05, 4.69) is 25.8 Å². The van der Waals surface area contributed by atoms with Crippen LogP contribution in [0.2, 0.25) is 0 Å². The minimum atomic E-state index is 0. The fraction of sp³-hybridized carbons (Fsp3) is 0.471. The van der Waals surface area contributed by atoms with Crippen molar-refractivity contribution in [3.63, 3.8) is 0 Å². The molecule has 1 aromatic carbocycles. The number of hydrogen-bond acceptors (Lipinski definition) is 5. The topological polar surface area (TPSA) is 85.6 Å². The van der Waals surface area contributed by atoms with Crippen molar-refractivity contribution in [3.05, 3.63) is 35.4 Å². The molecule has 0 fully saturated rings. The molecule has 144 valence electrons. The second kappa shape index (κ2) is 10.8. The maximum atomic E-state index is 5.33. The Morgan fingerprint density at radius 1 is 1.15 bits per heavy atom. The number of guanidine groups is 1. The predicted molar refractivity (Wildman–Crippen MR) is 113 cm³/mol. The van der Waals surface area contributed by atoms with Crippen molar-refractivity contribution in [2.24, 2.45) is 12.0 Å². The van der Waals surface area contributed by atoms with E-state index < -0.39 is 0 Å². The van der Waals surface area contributed by atoms with Gasteiger partial charge in [0.25, 0.3) is 0 Å². The highest BCUT2D eigenvalue weighted by Crippen LogP contribution is 2.27. The first-order chi connectivity index (χ1) is 12.1. The summed E-state index contributed by atoms with van der Waals surface area (Å²) < 4.78 is 12.5. The van der Waals surface area contributed by atoms with Crippen molar-refractivity contribution in [1.82, 2.24) is 25.4 Å². The van der Waals surface area contributed by atoms with Crippen LogP contribution in [-0.4, -0.2) is 48.5 Å². The fourth-order valence-electron chi connectivity index (χ4n) is 2.35. The molecule has 26 heavy (non-hydrogen) atoms. The van der Waals surface area contributed by atoms with Gasteiger partial charge < -0.3 is 24.7 Å². The summed E-state index contributed by atoms with van der Waals surface area (Å²) in [4.78, 5) is 4.22. The molecule has 2 aromatic rings. The van der Waals surface area contributed by atoms with E-state index in [1.165, 1.54) is 0 Å². The van der Waals surface area contributed by atoms with Crippen molar-refractivity contribution in [1.29, 1.82) is 0 Å². The molecule has 0 amide bonds. The number of ether oxygens (including phenoxy) is 2. The number of nitrogens with one attached hydrogen (secondary N) is 2. The van der Waals surface area contributed by atoms with E-state index in [0.29, 0.717) is 6.54 Å². The van der Waals surface area contributed by atoms with Crippen LogP contribution in [0, 0.1) is 6.92 Å². The number of aliphatic imine (C=N–C) groups is 1. The van der Waals surface area contributed by atoms with Gasteiger partial charge in [0.15, 0.2) is 23.3 Å². The van der Waals surface area contributed by atoms with Gasteiger partial charge in [-0.25, -0.2) is 0 Å². The molecule has 9 heteroatoms. The standard InChI is InChI=1S/C17H26N6O2.HI/c1-12-21-22-16(23(12)3)11-20-17(18-2)19-9-8-13-6-7-14(24-4)15(10-13)25-5;/h6-7,10H,8-9,11H2,1-5H3,(H2,18,19,20);1H. The summed E-state index contributed by atoms with van der Waals surface area (Å²) in [6.45, 7) is 3.23. The Kier molecular flexibility index (Phi) is 9.17. The molecule has 0 aliphatic rings. The van der Waals surface area contributed by atoms with E-state index in [4.69, 9.17) is 9.47 Å². The van der Waals surface area contributed by atoms with Gasteiger partial charge in [0.1, 0.15) is 5.82 Å². The molecule has 2 N–H and O–H groups in total. The molecule has 0 saturated heterocycles. The van der Waals surface area contributed by atoms with E-state index in [0.717, 1.165) is 47.6 Å². The van der Waals surface area contributed by atoms with Crippen LogP contribution < -0.4 is 20.1 Å². The molecule has 2 rings (SSSR count). The molecule has 0 saturated carbocycles. The van der Waals surface area contributed by atoms with Crippen LogP contribution in [0.15, 0.2) is 23.2 Å². The third-order valence-electron chi connectivity index (χ3n) is 3.97. The largest absolute Gasteiger partial charge is 0.493 e. The Bertz CT molecular complexity index is 732. The van der Waals surface area contributed by atoms with Crippen LogP contribution in [0.5, 0.6) is 11.5 Å². The van der Waals surface area contributed by atoms with E-state index in [9.17, 15) is 0 Å². The van der Waals surface area contributed by atoms with Gasteiger partial charge in [-0.2, -0.15) is 0 Å². The molecular weight excluding hydrogens is 447 g/mol. The fourth-order valence-corrected chi connectivity index (χ4v) is 2.35. The molecule has 0 radical (unpaired) electrons. The Hall–Kier alpha value is -2.04. The van der Waals surface area contributed by atoms with Gasteiger partial charge in [-0.1, -0.05) is 6.07 Å². The Morgan fingerprint density at radius 3 is 2.46 bits per heavy atom. The van der Waals surface area contributed by atoms with Crippen molar-refractivity contribution < 1.29 is 9.47 Å². The van der Waals surface area contributed by atoms with Gasteiger partial charge in [-0.05, 0) is 31.0 Å².